The Kier molecular flexibility index (Phi) is 2.52. The molecule has 7 heteroatoms. The molecule has 0 radical (unpaired) electrons. The highest BCUT2D eigenvalue weighted by molar-refractivity contribution is 7.09. The fraction of sp³-hybridized carbons (Fsp3) is 0.0909. The van der Waals surface area contributed by atoms with E-state index < -0.39 is 0 Å². The lowest BCUT2D eigenvalue weighted by Gasteiger charge is -1.97. The second-order valence-electron chi connectivity index (χ2n) is 3.72. The van der Waals surface area contributed by atoms with Crippen LogP contribution in [0.25, 0.3) is 10.9 Å². The molecule has 3 rings (SSSR count). The Balaban J connectivity index is 1.92. The lowest BCUT2D eigenvalue weighted by atomic mass is 10.2. The Morgan fingerprint density at radius 3 is 3.00 bits per heavy atom. The quantitative estimate of drug-likeness (QED) is 0.737. The van der Waals surface area contributed by atoms with Gasteiger partial charge in [0.1, 0.15) is 5.82 Å². The molecule has 0 unspecified atom stereocenters. The Morgan fingerprint density at radius 2 is 2.22 bits per heavy atom. The highest BCUT2D eigenvalue weighted by atomic mass is 32.1. The number of nitrogens with one attached hydrogen (secondary N) is 2. The molecule has 18 heavy (non-hydrogen) atoms. The fourth-order valence-corrected chi connectivity index (χ4v) is 2.21. The summed E-state index contributed by atoms with van der Waals surface area (Å²) in [6, 6.07) is 7.47. The minimum absolute atomic E-state index is 0.288. The standard InChI is InChI=1S/C11H9N5OS/c1-6-12-11(18-16-6)13-10(17)9-7-4-2-3-5-8(7)14-15-9/h2-5H,1H3,(H,14,15)(H,12,13,16,17). The van der Waals surface area contributed by atoms with Crippen LogP contribution in [0.2, 0.25) is 0 Å². The normalized spacial score (nSPS) is 10.7. The van der Waals surface area contributed by atoms with Gasteiger partial charge in [0.25, 0.3) is 5.91 Å². The van der Waals surface area contributed by atoms with Gasteiger partial charge in [0.2, 0.25) is 5.13 Å². The second kappa shape index (κ2) is 4.19. The third-order valence-corrected chi connectivity index (χ3v) is 3.16. The highest BCUT2D eigenvalue weighted by Crippen LogP contribution is 2.17. The Labute approximate surface area is 106 Å². The zero-order chi connectivity index (χ0) is 12.5. The van der Waals surface area contributed by atoms with Gasteiger partial charge >= 0.3 is 0 Å². The maximum atomic E-state index is 12.0. The molecule has 6 nitrogen and oxygen atoms in total. The molecule has 0 aliphatic heterocycles. The molecule has 0 atom stereocenters. The van der Waals surface area contributed by atoms with Crippen LogP contribution >= 0.6 is 11.5 Å². The molecular weight excluding hydrogens is 250 g/mol. The van der Waals surface area contributed by atoms with Crippen molar-refractivity contribution in [3.63, 3.8) is 0 Å². The Bertz CT molecular complexity index is 717. The van der Waals surface area contributed by atoms with Crippen molar-refractivity contribution in [2.75, 3.05) is 5.32 Å². The van der Waals surface area contributed by atoms with E-state index in [1.54, 1.807) is 6.92 Å². The molecule has 2 heterocycles. The van der Waals surface area contributed by atoms with Gasteiger partial charge in [-0.05, 0) is 13.0 Å². The number of fused-ring (bicyclic) bond motifs is 1. The molecule has 90 valence electrons. The van der Waals surface area contributed by atoms with E-state index in [1.165, 1.54) is 0 Å². The smallest absolute Gasteiger partial charge is 0.278 e. The van der Waals surface area contributed by atoms with Crippen LogP contribution in [0, 0.1) is 6.92 Å². The molecule has 0 saturated heterocycles. The first-order valence-corrected chi connectivity index (χ1v) is 6.06. The summed E-state index contributed by atoms with van der Waals surface area (Å²) in [6.07, 6.45) is 0. The fourth-order valence-electron chi connectivity index (χ4n) is 1.64. The van der Waals surface area contributed by atoms with E-state index in [-0.39, 0.29) is 5.91 Å². The van der Waals surface area contributed by atoms with Crippen LogP contribution in [0.4, 0.5) is 5.13 Å². The summed E-state index contributed by atoms with van der Waals surface area (Å²) in [5, 5.41) is 10.8. The Hall–Kier alpha value is -2.28. The predicted molar refractivity (Wildman–Crippen MR) is 68.7 cm³/mol. The largest absolute Gasteiger partial charge is 0.295 e. The summed E-state index contributed by atoms with van der Waals surface area (Å²) >= 11 is 1.15. The minimum atomic E-state index is -0.288. The number of amides is 1. The van der Waals surface area contributed by atoms with Crippen molar-refractivity contribution in [2.45, 2.75) is 6.92 Å². The number of benzene rings is 1. The van der Waals surface area contributed by atoms with E-state index in [1.807, 2.05) is 24.3 Å². The predicted octanol–water partition coefficient (Wildman–Crippen LogP) is 1.98. The number of para-hydroxylation sites is 1. The zero-order valence-corrected chi connectivity index (χ0v) is 10.3. The number of hydrogen-bond donors (Lipinski definition) is 2. The van der Waals surface area contributed by atoms with Gasteiger partial charge in [0.15, 0.2) is 5.69 Å². The molecule has 1 amide bonds. The molecule has 2 N–H and O–H groups in total. The molecule has 2 aromatic heterocycles. The van der Waals surface area contributed by atoms with Gasteiger partial charge in [-0.25, -0.2) is 4.98 Å². The third kappa shape index (κ3) is 1.84. The van der Waals surface area contributed by atoms with Crippen LogP contribution in [-0.4, -0.2) is 25.5 Å². The number of carbonyl (C=O) groups is 1. The summed E-state index contributed by atoms with van der Waals surface area (Å²) in [5.74, 6) is 0.353. The number of aromatic nitrogens is 4. The van der Waals surface area contributed by atoms with Crippen LogP contribution in [0.15, 0.2) is 24.3 Å². The maximum absolute atomic E-state index is 12.0. The van der Waals surface area contributed by atoms with Gasteiger partial charge in [0, 0.05) is 16.9 Å². The average molecular weight is 259 g/mol. The summed E-state index contributed by atoms with van der Waals surface area (Å²) in [4.78, 5) is 16.1. The molecular formula is C11H9N5OS. The van der Waals surface area contributed by atoms with E-state index in [4.69, 9.17) is 0 Å². The number of aryl methyl sites for hydroxylation is 1. The van der Waals surface area contributed by atoms with Crippen molar-refractivity contribution in [2.24, 2.45) is 0 Å². The van der Waals surface area contributed by atoms with Crippen LogP contribution in [0.1, 0.15) is 16.3 Å². The van der Waals surface area contributed by atoms with Gasteiger partial charge in [-0.15, -0.1) is 0 Å². The number of carbonyl (C=O) groups excluding carboxylic acids is 1. The minimum Gasteiger partial charge on any atom is -0.295 e. The topological polar surface area (TPSA) is 83.6 Å². The van der Waals surface area contributed by atoms with Gasteiger partial charge < -0.3 is 0 Å². The van der Waals surface area contributed by atoms with Gasteiger partial charge in [-0.2, -0.15) is 9.47 Å². The number of anilines is 1. The molecule has 3 aromatic rings. The molecule has 0 spiro atoms. The second-order valence-corrected chi connectivity index (χ2v) is 4.47. The zero-order valence-electron chi connectivity index (χ0n) is 9.47. The molecule has 0 fully saturated rings. The number of aromatic amines is 1. The van der Waals surface area contributed by atoms with Crippen LogP contribution in [-0.2, 0) is 0 Å². The lowest BCUT2D eigenvalue weighted by molar-refractivity contribution is 0.102. The summed E-state index contributed by atoms with van der Waals surface area (Å²) in [6.45, 7) is 1.77. The van der Waals surface area contributed by atoms with E-state index in [0.717, 1.165) is 22.4 Å². The Morgan fingerprint density at radius 1 is 1.39 bits per heavy atom. The SMILES string of the molecule is Cc1nsc(NC(=O)c2n[nH]c3ccccc23)n1. The van der Waals surface area contributed by atoms with Gasteiger partial charge in [-0.1, -0.05) is 18.2 Å². The highest BCUT2D eigenvalue weighted by Gasteiger charge is 2.15. The summed E-state index contributed by atoms with van der Waals surface area (Å²) in [7, 11) is 0. The van der Waals surface area contributed by atoms with E-state index in [9.17, 15) is 4.79 Å². The van der Waals surface area contributed by atoms with Crippen molar-refractivity contribution in [1.82, 2.24) is 19.6 Å². The van der Waals surface area contributed by atoms with E-state index >= 15 is 0 Å². The van der Waals surface area contributed by atoms with Gasteiger partial charge in [-0.3, -0.25) is 15.2 Å². The van der Waals surface area contributed by atoms with Crippen molar-refractivity contribution >= 4 is 33.5 Å². The van der Waals surface area contributed by atoms with E-state index in [2.05, 4.69) is 24.9 Å². The lowest BCUT2D eigenvalue weighted by Crippen LogP contribution is -2.12. The van der Waals surface area contributed by atoms with Crippen molar-refractivity contribution in [3.8, 4) is 0 Å². The molecule has 0 saturated carbocycles. The first-order chi connectivity index (χ1) is 8.74. The maximum Gasteiger partial charge on any atom is 0.278 e. The van der Waals surface area contributed by atoms with Crippen LogP contribution < -0.4 is 5.32 Å². The molecule has 0 aliphatic rings. The molecule has 0 bridgehead atoms. The van der Waals surface area contributed by atoms with E-state index in [0.29, 0.717) is 16.6 Å². The molecule has 1 aromatic carbocycles. The van der Waals surface area contributed by atoms with Crippen molar-refractivity contribution in [3.05, 3.63) is 35.8 Å². The van der Waals surface area contributed by atoms with Crippen molar-refractivity contribution in [1.29, 1.82) is 0 Å². The first kappa shape index (κ1) is 10.8. The third-order valence-electron chi connectivity index (χ3n) is 2.43. The van der Waals surface area contributed by atoms with Gasteiger partial charge in [0.05, 0.1) is 5.52 Å². The summed E-state index contributed by atoms with van der Waals surface area (Å²) in [5.41, 5.74) is 1.19. The van der Waals surface area contributed by atoms with Crippen molar-refractivity contribution < 1.29 is 4.79 Å². The first-order valence-electron chi connectivity index (χ1n) is 5.29. The number of rotatable bonds is 2. The number of nitrogens with zero attached hydrogens (tertiary/aromatic N) is 3. The number of H-pyrrole nitrogens is 1. The van der Waals surface area contributed by atoms with Crippen LogP contribution in [0.5, 0.6) is 0 Å². The number of hydrogen-bond acceptors (Lipinski definition) is 5. The summed E-state index contributed by atoms with van der Waals surface area (Å²) < 4.78 is 4.00. The monoisotopic (exact) mass is 259 g/mol. The van der Waals surface area contributed by atoms with Crippen LogP contribution in [0.3, 0.4) is 0 Å². The molecule has 0 aliphatic carbocycles. The average Bonchev–Trinajstić information content (AvgIpc) is 2.95.